The van der Waals surface area contributed by atoms with E-state index < -0.39 is 11.8 Å². The Morgan fingerprint density at radius 2 is 1.85 bits per heavy atom. The topological polar surface area (TPSA) is 20.2 Å². The minimum Gasteiger partial charge on any atom is -0.385 e. The van der Waals surface area contributed by atoms with Gasteiger partial charge in [0.15, 0.2) is 0 Å². The fourth-order valence-electron chi connectivity index (χ4n) is 1.47. The van der Waals surface area contributed by atoms with Gasteiger partial charge in [-0.1, -0.05) is 24.3 Å². The Morgan fingerprint density at radius 1 is 1.31 bits per heavy atom. The number of alkyl halides is 1. The Kier molecular flexibility index (Phi) is 1.88. The zero-order valence-electron chi connectivity index (χ0n) is 7.63. The third-order valence-electron chi connectivity index (χ3n) is 2.63. The minimum atomic E-state index is -0.928. The van der Waals surface area contributed by atoms with Gasteiger partial charge in [-0.3, -0.25) is 0 Å². The molecule has 1 N–H and O–H groups in total. The maximum Gasteiger partial charge on any atom is 0.122 e. The van der Waals surface area contributed by atoms with Gasteiger partial charge in [-0.25, -0.2) is 4.39 Å². The molecule has 1 saturated carbocycles. The SMILES string of the molecule is CC(F)c1ccc(C2(O)CC2)cc1. The third-order valence-corrected chi connectivity index (χ3v) is 2.63. The summed E-state index contributed by atoms with van der Waals surface area (Å²) >= 11 is 0. The Balaban J connectivity index is 2.24. The maximum atomic E-state index is 12.8. The van der Waals surface area contributed by atoms with Crippen molar-refractivity contribution in [3.05, 3.63) is 35.4 Å². The second kappa shape index (κ2) is 2.81. The van der Waals surface area contributed by atoms with Crippen LogP contribution in [-0.4, -0.2) is 5.11 Å². The molecule has 0 amide bonds. The molecule has 2 heteroatoms. The van der Waals surface area contributed by atoms with E-state index in [9.17, 15) is 9.50 Å². The fraction of sp³-hybridized carbons (Fsp3) is 0.455. The average Bonchev–Trinajstić information content (AvgIpc) is 2.85. The molecule has 0 aliphatic heterocycles. The molecule has 13 heavy (non-hydrogen) atoms. The second-order valence-electron chi connectivity index (χ2n) is 3.77. The van der Waals surface area contributed by atoms with E-state index in [1.54, 1.807) is 12.1 Å². The molecule has 70 valence electrons. The molecule has 0 heterocycles. The van der Waals surface area contributed by atoms with Gasteiger partial charge in [0.2, 0.25) is 0 Å². The van der Waals surface area contributed by atoms with E-state index in [4.69, 9.17) is 0 Å². The molecule has 0 saturated heterocycles. The first-order valence-electron chi connectivity index (χ1n) is 4.59. The summed E-state index contributed by atoms with van der Waals surface area (Å²) in [6.07, 6.45) is 0.734. The number of hydrogen-bond donors (Lipinski definition) is 1. The van der Waals surface area contributed by atoms with Crippen LogP contribution in [0.2, 0.25) is 0 Å². The predicted molar refractivity (Wildman–Crippen MR) is 49.1 cm³/mol. The van der Waals surface area contributed by atoms with E-state index in [-0.39, 0.29) is 0 Å². The van der Waals surface area contributed by atoms with Crippen molar-refractivity contribution in [3.8, 4) is 0 Å². The monoisotopic (exact) mass is 180 g/mol. The Labute approximate surface area is 77.2 Å². The van der Waals surface area contributed by atoms with Crippen LogP contribution in [0.15, 0.2) is 24.3 Å². The molecule has 1 aliphatic carbocycles. The van der Waals surface area contributed by atoms with Crippen LogP contribution < -0.4 is 0 Å². The molecule has 1 aliphatic rings. The highest BCUT2D eigenvalue weighted by atomic mass is 19.1. The van der Waals surface area contributed by atoms with Gasteiger partial charge in [0.25, 0.3) is 0 Å². The van der Waals surface area contributed by atoms with Crippen molar-refractivity contribution in [1.29, 1.82) is 0 Å². The van der Waals surface area contributed by atoms with E-state index in [0.717, 1.165) is 18.4 Å². The summed E-state index contributed by atoms with van der Waals surface area (Å²) in [4.78, 5) is 0. The van der Waals surface area contributed by atoms with E-state index >= 15 is 0 Å². The van der Waals surface area contributed by atoms with Gasteiger partial charge in [0.1, 0.15) is 6.17 Å². The first-order chi connectivity index (χ1) is 6.12. The molecule has 1 fully saturated rings. The van der Waals surface area contributed by atoms with Crippen molar-refractivity contribution in [2.24, 2.45) is 0 Å². The number of aliphatic hydroxyl groups is 1. The number of rotatable bonds is 2. The largest absolute Gasteiger partial charge is 0.385 e. The summed E-state index contributed by atoms with van der Waals surface area (Å²) in [5, 5.41) is 9.74. The standard InChI is InChI=1S/C11H13FO/c1-8(12)9-2-4-10(5-3-9)11(13)6-7-11/h2-5,8,13H,6-7H2,1H3. The van der Waals surface area contributed by atoms with Crippen LogP contribution in [0.4, 0.5) is 4.39 Å². The van der Waals surface area contributed by atoms with Crippen LogP contribution in [0.5, 0.6) is 0 Å². The molecule has 1 aromatic carbocycles. The summed E-state index contributed by atoms with van der Waals surface area (Å²) in [5.41, 5.74) is 0.989. The maximum absolute atomic E-state index is 12.8. The van der Waals surface area contributed by atoms with Gasteiger partial charge < -0.3 is 5.11 Å². The van der Waals surface area contributed by atoms with Crippen LogP contribution in [0.1, 0.15) is 37.1 Å². The zero-order valence-corrected chi connectivity index (χ0v) is 7.63. The van der Waals surface area contributed by atoms with Crippen molar-refractivity contribution in [3.63, 3.8) is 0 Å². The van der Waals surface area contributed by atoms with Gasteiger partial charge >= 0.3 is 0 Å². The highest BCUT2D eigenvalue weighted by Gasteiger charge is 2.41. The number of benzene rings is 1. The number of hydrogen-bond acceptors (Lipinski definition) is 1. The molecule has 1 aromatic rings. The Bertz CT molecular complexity index is 298. The predicted octanol–water partition coefficient (Wildman–Crippen LogP) is 2.70. The highest BCUT2D eigenvalue weighted by Crippen LogP contribution is 2.45. The molecule has 0 radical (unpaired) electrons. The zero-order chi connectivity index (χ0) is 9.47. The van der Waals surface area contributed by atoms with Crippen molar-refractivity contribution in [2.45, 2.75) is 31.5 Å². The summed E-state index contributed by atoms with van der Waals surface area (Å²) in [6, 6.07) is 7.13. The summed E-state index contributed by atoms with van der Waals surface area (Å²) in [5.74, 6) is 0. The Morgan fingerprint density at radius 3 is 2.23 bits per heavy atom. The Hall–Kier alpha value is -0.890. The first kappa shape index (κ1) is 8.70. The van der Waals surface area contributed by atoms with Crippen LogP contribution in [-0.2, 0) is 5.60 Å². The highest BCUT2D eigenvalue weighted by molar-refractivity contribution is 5.31. The van der Waals surface area contributed by atoms with Crippen LogP contribution in [0.25, 0.3) is 0 Å². The third kappa shape index (κ3) is 1.59. The molecule has 0 aromatic heterocycles. The summed E-state index contributed by atoms with van der Waals surface area (Å²) < 4.78 is 12.8. The van der Waals surface area contributed by atoms with Gasteiger partial charge in [0.05, 0.1) is 5.60 Å². The molecule has 2 rings (SSSR count). The van der Waals surface area contributed by atoms with Crippen LogP contribution in [0, 0.1) is 0 Å². The minimum absolute atomic E-state index is 0.599. The lowest BCUT2D eigenvalue weighted by Gasteiger charge is -2.09. The first-order valence-corrected chi connectivity index (χ1v) is 4.59. The second-order valence-corrected chi connectivity index (χ2v) is 3.77. The van der Waals surface area contributed by atoms with Gasteiger partial charge in [-0.2, -0.15) is 0 Å². The normalized spacial score (nSPS) is 21.2. The quantitative estimate of drug-likeness (QED) is 0.741. The molecule has 1 nitrogen and oxygen atoms in total. The molecule has 1 unspecified atom stereocenters. The van der Waals surface area contributed by atoms with Crippen molar-refractivity contribution in [2.75, 3.05) is 0 Å². The molecular weight excluding hydrogens is 167 g/mol. The number of halogens is 1. The van der Waals surface area contributed by atoms with Crippen molar-refractivity contribution < 1.29 is 9.50 Å². The summed E-state index contributed by atoms with van der Waals surface area (Å²) in [7, 11) is 0. The van der Waals surface area contributed by atoms with Gasteiger partial charge in [-0.05, 0) is 30.9 Å². The molecule has 0 bridgehead atoms. The van der Waals surface area contributed by atoms with Crippen molar-refractivity contribution >= 4 is 0 Å². The lowest BCUT2D eigenvalue weighted by atomic mass is 10.0. The van der Waals surface area contributed by atoms with E-state index in [2.05, 4.69) is 0 Å². The summed E-state index contributed by atoms with van der Waals surface area (Å²) in [6.45, 7) is 1.51. The molecule has 0 spiro atoms. The van der Waals surface area contributed by atoms with E-state index in [0.29, 0.717) is 5.56 Å². The fourth-order valence-corrected chi connectivity index (χ4v) is 1.47. The van der Waals surface area contributed by atoms with Crippen molar-refractivity contribution in [1.82, 2.24) is 0 Å². The van der Waals surface area contributed by atoms with E-state index in [1.165, 1.54) is 6.92 Å². The lowest BCUT2D eigenvalue weighted by molar-refractivity contribution is 0.151. The van der Waals surface area contributed by atoms with E-state index in [1.807, 2.05) is 12.1 Å². The average molecular weight is 180 g/mol. The lowest BCUT2D eigenvalue weighted by Crippen LogP contribution is -2.03. The van der Waals surface area contributed by atoms with Gasteiger partial charge in [-0.15, -0.1) is 0 Å². The van der Waals surface area contributed by atoms with Crippen LogP contribution in [0.3, 0.4) is 0 Å². The molecule has 1 atom stereocenters. The smallest absolute Gasteiger partial charge is 0.122 e. The van der Waals surface area contributed by atoms with Crippen LogP contribution >= 0.6 is 0 Å². The van der Waals surface area contributed by atoms with Gasteiger partial charge in [0, 0.05) is 0 Å². The molecular formula is C11H13FO.